The maximum absolute atomic E-state index is 6.34. The van der Waals surface area contributed by atoms with Gasteiger partial charge in [-0.05, 0) is 25.0 Å². The van der Waals surface area contributed by atoms with Crippen molar-refractivity contribution in [1.82, 2.24) is 9.97 Å². The molecular formula is C15H20ClN3O. The maximum Gasteiger partial charge on any atom is 0.125 e. The molecule has 0 saturated heterocycles. The molecule has 0 aliphatic rings. The van der Waals surface area contributed by atoms with E-state index in [1.54, 1.807) is 19.4 Å². The minimum atomic E-state index is -0.114. The lowest BCUT2D eigenvalue weighted by Gasteiger charge is -2.20. The van der Waals surface area contributed by atoms with Gasteiger partial charge in [-0.3, -0.25) is 0 Å². The molecule has 0 amide bonds. The van der Waals surface area contributed by atoms with Crippen LogP contribution in [0.15, 0.2) is 30.6 Å². The van der Waals surface area contributed by atoms with Gasteiger partial charge in [0.25, 0.3) is 0 Å². The van der Waals surface area contributed by atoms with Gasteiger partial charge in [0.2, 0.25) is 0 Å². The first-order valence-electron chi connectivity index (χ1n) is 6.74. The van der Waals surface area contributed by atoms with Crippen molar-refractivity contribution in [3.63, 3.8) is 0 Å². The van der Waals surface area contributed by atoms with Crippen LogP contribution in [0.25, 0.3) is 0 Å². The highest BCUT2D eigenvalue weighted by molar-refractivity contribution is 6.30. The number of hydrogen-bond donors (Lipinski definition) is 2. The lowest BCUT2D eigenvalue weighted by atomic mass is 9.92. The topological polar surface area (TPSA) is 63.9 Å². The molecule has 4 nitrogen and oxygen atoms in total. The van der Waals surface area contributed by atoms with Crippen molar-refractivity contribution in [2.45, 2.75) is 31.7 Å². The monoisotopic (exact) mass is 293 g/mol. The predicted molar refractivity (Wildman–Crippen MR) is 81.2 cm³/mol. The minimum Gasteiger partial charge on any atom is -0.496 e. The molecule has 0 bridgehead atoms. The van der Waals surface area contributed by atoms with Crippen LogP contribution in [-0.4, -0.2) is 17.1 Å². The first kappa shape index (κ1) is 14.9. The van der Waals surface area contributed by atoms with Crippen molar-refractivity contribution in [2.24, 2.45) is 5.73 Å². The molecule has 1 aromatic carbocycles. The van der Waals surface area contributed by atoms with Crippen molar-refractivity contribution >= 4 is 11.6 Å². The number of H-pyrrole nitrogens is 1. The van der Waals surface area contributed by atoms with Crippen molar-refractivity contribution in [1.29, 1.82) is 0 Å². The zero-order valence-electron chi connectivity index (χ0n) is 11.8. The Morgan fingerprint density at radius 1 is 1.45 bits per heavy atom. The van der Waals surface area contributed by atoms with Crippen LogP contribution in [0, 0.1) is 0 Å². The van der Waals surface area contributed by atoms with Crippen LogP contribution in [0.1, 0.15) is 43.1 Å². The Morgan fingerprint density at radius 3 is 2.85 bits per heavy atom. The van der Waals surface area contributed by atoms with Gasteiger partial charge in [-0.15, -0.1) is 0 Å². The van der Waals surface area contributed by atoms with E-state index in [0.29, 0.717) is 10.9 Å². The lowest BCUT2D eigenvalue weighted by Crippen LogP contribution is -2.16. The van der Waals surface area contributed by atoms with E-state index < -0.39 is 0 Å². The normalized spacial score (nSPS) is 14.0. The highest BCUT2D eigenvalue weighted by atomic mass is 35.5. The predicted octanol–water partition coefficient (Wildman–Crippen LogP) is 3.66. The first-order valence-corrected chi connectivity index (χ1v) is 7.11. The molecule has 1 aromatic heterocycles. The van der Waals surface area contributed by atoms with Crippen LogP contribution >= 0.6 is 11.6 Å². The molecule has 5 heteroatoms. The van der Waals surface area contributed by atoms with Gasteiger partial charge < -0.3 is 15.5 Å². The number of halogens is 1. The smallest absolute Gasteiger partial charge is 0.125 e. The number of rotatable bonds is 6. The van der Waals surface area contributed by atoms with Crippen molar-refractivity contribution < 1.29 is 4.74 Å². The summed E-state index contributed by atoms with van der Waals surface area (Å²) in [7, 11) is 1.63. The number of benzene rings is 1. The SMILES string of the molecule is CCC(CC(N)c1ccc(Cl)cc1OC)c1ncc[nH]1. The molecule has 0 spiro atoms. The van der Waals surface area contributed by atoms with E-state index in [4.69, 9.17) is 22.1 Å². The molecule has 0 saturated carbocycles. The summed E-state index contributed by atoms with van der Waals surface area (Å²) in [5.41, 5.74) is 7.31. The molecule has 2 atom stereocenters. The van der Waals surface area contributed by atoms with E-state index in [-0.39, 0.29) is 6.04 Å². The molecule has 0 aliphatic heterocycles. The molecule has 0 fully saturated rings. The quantitative estimate of drug-likeness (QED) is 0.854. The van der Waals surface area contributed by atoms with Gasteiger partial charge in [0, 0.05) is 34.9 Å². The molecule has 1 heterocycles. The standard InChI is InChI=1S/C15H20ClN3O/c1-3-10(15-18-6-7-19-15)8-13(17)12-5-4-11(16)9-14(12)20-2/h4-7,9-10,13H,3,8,17H2,1-2H3,(H,18,19). The third-order valence-corrected chi connectivity index (χ3v) is 3.77. The lowest BCUT2D eigenvalue weighted by molar-refractivity contribution is 0.400. The number of ether oxygens (including phenoxy) is 1. The Hall–Kier alpha value is -1.52. The highest BCUT2D eigenvalue weighted by Gasteiger charge is 2.19. The highest BCUT2D eigenvalue weighted by Crippen LogP contribution is 2.33. The van der Waals surface area contributed by atoms with Gasteiger partial charge in [0.15, 0.2) is 0 Å². The molecule has 108 valence electrons. The van der Waals surface area contributed by atoms with Gasteiger partial charge in [0.1, 0.15) is 11.6 Å². The summed E-state index contributed by atoms with van der Waals surface area (Å²) in [4.78, 5) is 7.49. The molecule has 2 rings (SSSR count). The molecule has 2 unspecified atom stereocenters. The summed E-state index contributed by atoms with van der Waals surface area (Å²) < 4.78 is 5.37. The number of methoxy groups -OCH3 is 1. The van der Waals surface area contributed by atoms with Crippen molar-refractivity contribution in [3.8, 4) is 5.75 Å². The molecule has 0 radical (unpaired) electrons. The Kier molecular flexibility index (Phi) is 5.04. The third-order valence-electron chi connectivity index (χ3n) is 3.53. The van der Waals surface area contributed by atoms with E-state index in [1.807, 2.05) is 18.3 Å². The fourth-order valence-corrected chi connectivity index (χ4v) is 2.56. The largest absolute Gasteiger partial charge is 0.496 e. The number of aromatic amines is 1. The Labute approximate surface area is 124 Å². The average molecular weight is 294 g/mol. The zero-order valence-corrected chi connectivity index (χ0v) is 12.5. The summed E-state index contributed by atoms with van der Waals surface area (Å²) in [6, 6.07) is 5.45. The number of imidazole rings is 1. The van der Waals surface area contributed by atoms with Crippen LogP contribution in [0.4, 0.5) is 0 Å². The van der Waals surface area contributed by atoms with Crippen molar-refractivity contribution in [2.75, 3.05) is 7.11 Å². The van der Waals surface area contributed by atoms with Crippen LogP contribution in [-0.2, 0) is 0 Å². The summed E-state index contributed by atoms with van der Waals surface area (Å²) >= 11 is 5.98. The van der Waals surface area contributed by atoms with Crippen LogP contribution in [0.5, 0.6) is 5.75 Å². The Balaban J connectivity index is 2.17. The fraction of sp³-hybridized carbons (Fsp3) is 0.400. The average Bonchev–Trinajstić information content (AvgIpc) is 2.98. The summed E-state index contributed by atoms with van der Waals surface area (Å²) in [6.07, 6.45) is 5.40. The number of nitrogens with zero attached hydrogens (tertiary/aromatic N) is 1. The summed E-state index contributed by atoms with van der Waals surface area (Å²) in [5, 5.41) is 0.649. The number of aromatic nitrogens is 2. The van der Waals surface area contributed by atoms with E-state index >= 15 is 0 Å². The van der Waals surface area contributed by atoms with Gasteiger partial charge in [-0.25, -0.2) is 4.98 Å². The molecule has 20 heavy (non-hydrogen) atoms. The summed E-state index contributed by atoms with van der Waals surface area (Å²) in [6.45, 7) is 2.14. The van der Waals surface area contributed by atoms with Crippen LogP contribution < -0.4 is 10.5 Å². The third kappa shape index (κ3) is 3.32. The van der Waals surface area contributed by atoms with E-state index in [1.165, 1.54) is 0 Å². The first-order chi connectivity index (χ1) is 9.65. The molecular weight excluding hydrogens is 274 g/mol. The van der Waals surface area contributed by atoms with E-state index in [0.717, 1.165) is 30.0 Å². The second-order valence-electron chi connectivity index (χ2n) is 4.81. The molecule has 0 aliphatic carbocycles. The zero-order chi connectivity index (χ0) is 14.5. The fourth-order valence-electron chi connectivity index (χ4n) is 2.40. The van der Waals surface area contributed by atoms with Crippen LogP contribution in [0.3, 0.4) is 0 Å². The molecule has 3 N–H and O–H groups in total. The van der Waals surface area contributed by atoms with Crippen molar-refractivity contribution in [3.05, 3.63) is 47.0 Å². The van der Waals surface area contributed by atoms with E-state index in [9.17, 15) is 0 Å². The number of nitrogens with two attached hydrogens (primary N) is 1. The van der Waals surface area contributed by atoms with Crippen LogP contribution in [0.2, 0.25) is 5.02 Å². The number of hydrogen-bond acceptors (Lipinski definition) is 3. The van der Waals surface area contributed by atoms with Gasteiger partial charge >= 0.3 is 0 Å². The minimum absolute atomic E-state index is 0.114. The van der Waals surface area contributed by atoms with Gasteiger partial charge in [0.05, 0.1) is 7.11 Å². The Morgan fingerprint density at radius 2 is 2.25 bits per heavy atom. The molecule has 2 aromatic rings. The maximum atomic E-state index is 6.34. The number of nitrogens with one attached hydrogen (secondary N) is 1. The van der Waals surface area contributed by atoms with E-state index in [2.05, 4.69) is 16.9 Å². The Bertz CT molecular complexity index is 542. The van der Waals surface area contributed by atoms with Gasteiger partial charge in [-0.2, -0.15) is 0 Å². The summed E-state index contributed by atoms with van der Waals surface area (Å²) in [5.74, 6) is 2.02. The second-order valence-corrected chi connectivity index (χ2v) is 5.24. The van der Waals surface area contributed by atoms with Gasteiger partial charge in [-0.1, -0.05) is 24.6 Å². The second kappa shape index (κ2) is 6.77.